The summed E-state index contributed by atoms with van der Waals surface area (Å²) in [6.45, 7) is 6.29. The molecule has 2 heterocycles. The van der Waals surface area contributed by atoms with Crippen molar-refractivity contribution in [1.82, 2.24) is 15.4 Å². The average Bonchev–Trinajstić information content (AvgIpc) is 2.92. The summed E-state index contributed by atoms with van der Waals surface area (Å²) in [6, 6.07) is 6.03. The van der Waals surface area contributed by atoms with Crippen LogP contribution in [-0.4, -0.2) is 41.0 Å². The summed E-state index contributed by atoms with van der Waals surface area (Å²) in [5.41, 5.74) is 1.38. The summed E-state index contributed by atoms with van der Waals surface area (Å²) < 4.78 is 18.9. The second kappa shape index (κ2) is 6.66. The monoisotopic (exact) mass is 345 g/mol. The maximum atomic E-state index is 13.9. The Bertz CT molecular complexity index is 791. The number of hydrogen-bond acceptors (Lipinski definition) is 4. The van der Waals surface area contributed by atoms with Crippen LogP contribution in [-0.2, 0) is 0 Å². The van der Waals surface area contributed by atoms with Gasteiger partial charge in [0.15, 0.2) is 0 Å². The highest BCUT2D eigenvalue weighted by Crippen LogP contribution is 2.24. The van der Waals surface area contributed by atoms with E-state index in [0.29, 0.717) is 24.3 Å². The van der Waals surface area contributed by atoms with Crippen molar-refractivity contribution in [3.63, 3.8) is 0 Å². The van der Waals surface area contributed by atoms with E-state index in [1.165, 1.54) is 6.07 Å². The highest BCUT2D eigenvalue weighted by Gasteiger charge is 2.36. The van der Waals surface area contributed by atoms with Crippen molar-refractivity contribution in [3.8, 4) is 0 Å². The Morgan fingerprint density at radius 1 is 1.36 bits per heavy atom. The molecule has 132 valence electrons. The molecule has 0 saturated carbocycles. The summed E-state index contributed by atoms with van der Waals surface area (Å²) >= 11 is 0. The minimum Gasteiger partial charge on any atom is -0.351 e. The van der Waals surface area contributed by atoms with Crippen LogP contribution in [0.3, 0.4) is 0 Å². The first kappa shape index (κ1) is 17.1. The quantitative estimate of drug-likeness (QED) is 0.923. The van der Waals surface area contributed by atoms with Crippen molar-refractivity contribution in [2.75, 3.05) is 13.1 Å². The number of aromatic nitrogens is 1. The topological polar surface area (TPSA) is 75.4 Å². The molecule has 0 spiro atoms. The molecule has 0 aliphatic carbocycles. The largest absolute Gasteiger partial charge is 0.351 e. The summed E-state index contributed by atoms with van der Waals surface area (Å²) in [5, 5.41) is 6.53. The predicted molar refractivity (Wildman–Crippen MR) is 88.7 cm³/mol. The van der Waals surface area contributed by atoms with E-state index in [1.54, 1.807) is 36.9 Å². The van der Waals surface area contributed by atoms with Crippen molar-refractivity contribution in [2.24, 2.45) is 5.92 Å². The highest BCUT2D eigenvalue weighted by molar-refractivity contribution is 5.96. The summed E-state index contributed by atoms with van der Waals surface area (Å²) in [7, 11) is 0. The first-order chi connectivity index (χ1) is 11.9. The summed E-state index contributed by atoms with van der Waals surface area (Å²) in [5.74, 6) is -0.864. The van der Waals surface area contributed by atoms with Crippen LogP contribution in [0.1, 0.15) is 39.1 Å². The SMILES string of the molecule is Cc1cc(C(=O)N[C@H](C)C2CN(C(=O)c3c(C)cccc3F)C2)on1. The standard InChI is InChI=1S/C18H20FN3O3/c1-10-5-4-6-14(19)16(10)18(24)22-8-13(9-22)12(3)20-17(23)15-7-11(2)21-25-15/h4-7,12-13H,8-9H2,1-3H3,(H,20,23)/t12-/m1/s1. The van der Waals surface area contributed by atoms with Crippen molar-refractivity contribution >= 4 is 11.8 Å². The number of carbonyl (C=O) groups excluding carboxylic acids is 2. The van der Waals surface area contributed by atoms with Gasteiger partial charge < -0.3 is 14.7 Å². The van der Waals surface area contributed by atoms with Crippen LogP contribution in [0.2, 0.25) is 0 Å². The van der Waals surface area contributed by atoms with Gasteiger partial charge in [-0.2, -0.15) is 0 Å². The molecule has 1 atom stereocenters. The molecule has 1 saturated heterocycles. The van der Waals surface area contributed by atoms with E-state index >= 15 is 0 Å². The molecule has 1 N–H and O–H groups in total. The number of hydrogen-bond donors (Lipinski definition) is 1. The Hall–Kier alpha value is -2.70. The molecule has 2 aromatic rings. The van der Waals surface area contributed by atoms with Crippen LogP contribution >= 0.6 is 0 Å². The molecule has 1 aromatic carbocycles. The maximum Gasteiger partial charge on any atom is 0.290 e. The molecule has 0 unspecified atom stereocenters. The Morgan fingerprint density at radius 3 is 2.68 bits per heavy atom. The molecule has 2 amide bonds. The van der Waals surface area contributed by atoms with Gasteiger partial charge in [0.05, 0.1) is 11.3 Å². The molecular weight excluding hydrogens is 325 g/mol. The molecule has 1 aromatic heterocycles. The average molecular weight is 345 g/mol. The summed E-state index contributed by atoms with van der Waals surface area (Å²) in [4.78, 5) is 26.1. The van der Waals surface area contributed by atoms with Crippen molar-refractivity contribution in [2.45, 2.75) is 26.8 Å². The van der Waals surface area contributed by atoms with E-state index in [2.05, 4.69) is 10.5 Å². The second-order valence-electron chi connectivity index (χ2n) is 6.50. The first-order valence-electron chi connectivity index (χ1n) is 8.15. The van der Waals surface area contributed by atoms with Crippen LogP contribution in [0.4, 0.5) is 4.39 Å². The molecule has 3 rings (SSSR count). The van der Waals surface area contributed by atoms with Gasteiger partial charge in [0.2, 0.25) is 5.76 Å². The van der Waals surface area contributed by atoms with E-state index in [0.717, 1.165) is 0 Å². The van der Waals surface area contributed by atoms with Crippen molar-refractivity contribution in [1.29, 1.82) is 0 Å². The van der Waals surface area contributed by atoms with E-state index < -0.39 is 5.82 Å². The van der Waals surface area contributed by atoms with Gasteiger partial charge in [-0.05, 0) is 32.4 Å². The second-order valence-corrected chi connectivity index (χ2v) is 6.50. The fourth-order valence-corrected chi connectivity index (χ4v) is 2.92. The zero-order chi connectivity index (χ0) is 18.1. The Labute approximate surface area is 145 Å². The fraction of sp³-hybridized carbons (Fsp3) is 0.389. The third-order valence-electron chi connectivity index (χ3n) is 4.55. The van der Waals surface area contributed by atoms with Crippen LogP contribution in [0.25, 0.3) is 0 Å². The van der Waals surface area contributed by atoms with Gasteiger partial charge in [0.1, 0.15) is 5.82 Å². The smallest absolute Gasteiger partial charge is 0.290 e. The lowest BCUT2D eigenvalue weighted by Crippen LogP contribution is -2.57. The minimum atomic E-state index is -0.504. The summed E-state index contributed by atoms with van der Waals surface area (Å²) in [6.07, 6.45) is 0. The minimum absolute atomic E-state index is 0.115. The lowest BCUT2D eigenvalue weighted by atomic mass is 9.91. The zero-order valence-corrected chi connectivity index (χ0v) is 14.4. The fourth-order valence-electron chi connectivity index (χ4n) is 2.92. The molecule has 6 nitrogen and oxygen atoms in total. The molecule has 25 heavy (non-hydrogen) atoms. The number of nitrogens with one attached hydrogen (secondary N) is 1. The molecule has 1 aliphatic heterocycles. The number of carbonyl (C=O) groups is 2. The third kappa shape index (κ3) is 3.40. The molecule has 0 radical (unpaired) electrons. The van der Waals surface area contributed by atoms with Crippen LogP contribution < -0.4 is 5.32 Å². The number of aryl methyl sites for hydroxylation is 2. The number of halogens is 1. The Morgan fingerprint density at radius 2 is 2.08 bits per heavy atom. The van der Waals surface area contributed by atoms with Crippen LogP contribution in [0.5, 0.6) is 0 Å². The van der Waals surface area contributed by atoms with Crippen LogP contribution in [0.15, 0.2) is 28.8 Å². The molecule has 1 aliphatic rings. The lowest BCUT2D eigenvalue weighted by molar-refractivity contribution is 0.0422. The normalized spacial score (nSPS) is 15.6. The van der Waals surface area contributed by atoms with E-state index in [-0.39, 0.29) is 35.1 Å². The number of likely N-dealkylation sites (tertiary alicyclic amines) is 1. The molecular formula is C18H20FN3O3. The first-order valence-corrected chi connectivity index (χ1v) is 8.15. The molecule has 1 fully saturated rings. The number of rotatable bonds is 4. The lowest BCUT2D eigenvalue weighted by Gasteiger charge is -2.42. The van der Waals surface area contributed by atoms with Gasteiger partial charge in [-0.15, -0.1) is 0 Å². The van der Waals surface area contributed by atoms with E-state index in [4.69, 9.17) is 4.52 Å². The molecule has 7 heteroatoms. The van der Waals surface area contributed by atoms with Gasteiger partial charge in [-0.25, -0.2) is 4.39 Å². The number of nitrogens with zero attached hydrogens (tertiary/aromatic N) is 2. The van der Waals surface area contributed by atoms with Crippen molar-refractivity contribution < 1.29 is 18.5 Å². The van der Waals surface area contributed by atoms with Gasteiger partial charge in [-0.3, -0.25) is 9.59 Å². The zero-order valence-electron chi connectivity index (χ0n) is 14.4. The van der Waals surface area contributed by atoms with Gasteiger partial charge in [-0.1, -0.05) is 17.3 Å². The van der Waals surface area contributed by atoms with Crippen LogP contribution in [0, 0.1) is 25.6 Å². The third-order valence-corrected chi connectivity index (χ3v) is 4.55. The van der Waals surface area contributed by atoms with Crippen molar-refractivity contribution in [3.05, 3.63) is 52.7 Å². The maximum absolute atomic E-state index is 13.9. The van der Waals surface area contributed by atoms with Gasteiger partial charge in [0.25, 0.3) is 11.8 Å². The highest BCUT2D eigenvalue weighted by atomic mass is 19.1. The van der Waals surface area contributed by atoms with Gasteiger partial charge in [0, 0.05) is 31.1 Å². The van der Waals surface area contributed by atoms with Gasteiger partial charge >= 0.3 is 0 Å². The predicted octanol–water partition coefficient (Wildman–Crippen LogP) is 2.32. The Balaban J connectivity index is 1.57. The molecule has 0 bridgehead atoms. The number of amides is 2. The van der Waals surface area contributed by atoms with E-state index in [1.807, 2.05) is 6.92 Å². The van der Waals surface area contributed by atoms with E-state index in [9.17, 15) is 14.0 Å². The Kier molecular flexibility index (Phi) is 4.57. The number of benzene rings is 1.